The van der Waals surface area contributed by atoms with E-state index in [-0.39, 0.29) is 0 Å². The van der Waals surface area contributed by atoms with Crippen molar-refractivity contribution in [3.05, 3.63) is 255 Å². The van der Waals surface area contributed by atoms with Crippen LogP contribution in [0.4, 0.5) is 0 Å². The highest BCUT2D eigenvalue weighted by Crippen LogP contribution is 2.52. The summed E-state index contributed by atoms with van der Waals surface area (Å²) < 4.78 is 4.88. The minimum atomic E-state index is 0.726. The van der Waals surface area contributed by atoms with Crippen molar-refractivity contribution in [3.8, 4) is 89.8 Å². The Kier molecular flexibility index (Phi) is 8.92. The van der Waals surface area contributed by atoms with E-state index in [2.05, 4.69) is 258 Å². The SMILES string of the molecule is c1ccc(-c2ccc3c(c2)c2cc(-c4ccc5c(c4)c4cc(-c6ccccc6)ccc4n5-c4ccc5c6c(cccc46)-c4nc(-c6ccccc6)nc(-c6ccccc6)c4-5)ccc2n3-c2ccccc2)cc1. The van der Waals surface area contributed by atoms with Gasteiger partial charge < -0.3 is 9.13 Å². The van der Waals surface area contributed by atoms with Crippen molar-refractivity contribution in [1.82, 2.24) is 19.1 Å². The maximum atomic E-state index is 5.37. The summed E-state index contributed by atoms with van der Waals surface area (Å²) in [5.41, 5.74) is 21.5. The minimum Gasteiger partial charge on any atom is -0.309 e. The highest BCUT2D eigenvalue weighted by molar-refractivity contribution is 6.20. The summed E-state index contributed by atoms with van der Waals surface area (Å²) in [5, 5.41) is 7.24. The van der Waals surface area contributed by atoms with Crippen LogP contribution in [0.15, 0.2) is 255 Å². The average molecular weight is 915 g/mol. The van der Waals surface area contributed by atoms with Gasteiger partial charge in [0.05, 0.1) is 39.1 Å². The van der Waals surface area contributed by atoms with Crippen molar-refractivity contribution in [2.24, 2.45) is 0 Å². The monoisotopic (exact) mass is 914 g/mol. The number of rotatable bonds is 7. The van der Waals surface area contributed by atoms with Crippen LogP contribution in [0, 0.1) is 0 Å². The molecular formula is C68H42N4. The van der Waals surface area contributed by atoms with Crippen LogP contribution in [0.25, 0.3) is 144 Å². The molecule has 11 aromatic carbocycles. The fraction of sp³-hybridized carbons (Fsp3) is 0. The maximum absolute atomic E-state index is 5.37. The summed E-state index contributed by atoms with van der Waals surface area (Å²) in [6.07, 6.45) is 0. The molecule has 1 aliphatic rings. The summed E-state index contributed by atoms with van der Waals surface area (Å²) in [6, 6.07) is 92.3. The van der Waals surface area contributed by atoms with Crippen molar-refractivity contribution in [2.75, 3.05) is 0 Å². The second-order valence-corrected chi connectivity index (χ2v) is 18.9. The molecule has 4 nitrogen and oxygen atoms in total. The first-order chi connectivity index (χ1) is 35.7. The van der Waals surface area contributed by atoms with Crippen LogP contribution in [0.5, 0.6) is 0 Å². The van der Waals surface area contributed by atoms with Gasteiger partial charge in [-0.2, -0.15) is 0 Å². The predicted molar refractivity (Wildman–Crippen MR) is 300 cm³/mol. The molecule has 0 saturated carbocycles. The van der Waals surface area contributed by atoms with Gasteiger partial charge in [-0.15, -0.1) is 0 Å². The zero-order chi connectivity index (χ0) is 47.3. The number of hydrogen-bond acceptors (Lipinski definition) is 2. The van der Waals surface area contributed by atoms with Gasteiger partial charge in [-0.1, -0.05) is 188 Å². The molecule has 0 spiro atoms. The Hall–Kier alpha value is -9.64. The molecule has 0 N–H and O–H groups in total. The third kappa shape index (κ3) is 6.19. The summed E-state index contributed by atoms with van der Waals surface area (Å²) >= 11 is 0. The Morgan fingerprint density at radius 2 is 0.694 bits per heavy atom. The number of fused-ring (bicyclic) bond motifs is 9. The number of aromatic nitrogens is 4. The Labute approximate surface area is 416 Å². The largest absolute Gasteiger partial charge is 0.309 e. The fourth-order valence-electron chi connectivity index (χ4n) is 11.6. The fourth-order valence-corrected chi connectivity index (χ4v) is 11.6. The molecule has 0 atom stereocenters. The minimum absolute atomic E-state index is 0.726. The van der Waals surface area contributed by atoms with E-state index >= 15 is 0 Å². The van der Waals surface area contributed by atoms with Crippen LogP contribution >= 0.6 is 0 Å². The predicted octanol–water partition coefficient (Wildman–Crippen LogP) is 17.8. The lowest BCUT2D eigenvalue weighted by atomic mass is 9.98. The molecule has 334 valence electrons. The van der Waals surface area contributed by atoms with Gasteiger partial charge in [-0.25, -0.2) is 9.97 Å². The smallest absolute Gasteiger partial charge is 0.160 e. The zero-order valence-corrected chi connectivity index (χ0v) is 39.0. The molecular weight excluding hydrogens is 873 g/mol. The molecule has 15 rings (SSSR count). The summed E-state index contributed by atoms with van der Waals surface area (Å²) in [5.74, 6) is 0.726. The van der Waals surface area contributed by atoms with Gasteiger partial charge >= 0.3 is 0 Å². The van der Waals surface area contributed by atoms with Gasteiger partial charge in [0.25, 0.3) is 0 Å². The maximum Gasteiger partial charge on any atom is 0.160 e. The average Bonchev–Trinajstić information content (AvgIpc) is 4.09. The third-order valence-corrected chi connectivity index (χ3v) is 14.9. The molecule has 3 heterocycles. The Balaban J connectivity index is 0.944. The first-order valence-electron chi connectivity index (χ1n) is 24.6. The quantitative estimate of drug-likeness (QED) is 0.160. The van der Waals surface area contributed by atoms with E-state index in [1.807, 2.05) is 6.07 Å². The molecule has 1 aliphatic carbocycles. The molecule has 0 bridgehead atoms. The topological polar surface area (TPSA) is 35.6 Å². The molecule has 72 heavy (non-hydrogen) atoms. The lowest BCUT2D eigenvalue weighted by Gasteiger charge is -2.14. The van der Waals surface area contributed by atoms with Crippen LogP contribution in [0.2, 0.25) is 0 Å². The highest BCUT2D eigenvalue weighted by atomic mass is 15.0. The molecule has 0 saturated heterocycles. The highest BCUT2D eigenvalue weighted by Gasteiger charge is 2.30. The van der Waals surface area contributed by atoms with E-state index < -0.39 is 0 Å². The molecule has 0 aliphatic heterocycles. The van der Waals surface area contributed by atoms with Gasteiger partial charge in [0.2, 0.25) is 0 Å². The Morgan fingerprint density at radius 3 is 1.21 bits per heavy atom. The van der Waals surface area contributed by atoms with E-state index in [0.717, 1.165) is 67.4 Å². The van der Waals surface area contributed by atoms with Crippen molar-refractivity contribution in [3.63, 3.8) is 0 Å². The molecule has 14 aromatic rings. The van der Waals surface area contributed by atoms with Crippen LogP contribution in [-0.2, 0) is 0 Å². The van der Waals surface area contributed by atoms with Crippen LogP contribution in [-0.4, -0.2) is 19.1 Å². The first kappa shape index (κ1) is 40.3. The first-order valence-corrected chi connectivity index (χ1v) is 24.6. The van der Waals surface area contributed by atoms with Crippen molar-refractivity contribution in [2.45, 2.75) is 0 Å². The Bertz CT molecular complexity index is 4460. The van der Waals surface area contributed by atoms with Gasteiger partial charge in [-0.05, 0) is 106 Å². The van der Waals surface area contributed by atoms with Crippen molar-refractivity contribution < 1.29 is 0 Å². The number of hydrogen-bond donors (Lipinski definition) is 0. The molecule has 0 unspecified atom stereocenters. The lowest BCUT2D eigenvalue weighted by Crippen LogP contribution is -1.97. The third-order valence-electron chi connectivity index (χ3n) is 14.9. The van der Waals surface area contributed by atoms with Crippen molar-refractivity contribution in [1.29, 1.82) is 0 Å². The molecule has 0 fully saturated rings. The summed E-state index contributed by atoms with van der Waals surface area (Å²) in [4.78, 5) is 10.7. The second kappa shape index (κ2) is 16.0. The number of benzene rings is 11. The van der Waals surface area contributed by atoms with Crippen LogP contribution in [0.1, 0.15) is 0 Å². The van der Waals surface area contributed by atoms with E-state index in [9.17, 15) is 0 Å². The van der Waals surface area contributed by atoms with Gasteiger partial charge in [0, 0.05) is 60.3 Å². The standard InChI is InChI=1S/C68H42N4/c1-6-17-43(18-7-1)47-29-34-60-55(39-47)56-41-49(31-35-61(56)71(60)51-25-14-5-15-26-51)50-32-37-63-58(42-50)57-40-48(44-19-8-2-9-20-44)30-36-62(57)72(63)59-38-33-53-64-52(59)27-16-28-54(64)67-65(53)66(45-21-10-3-11-22-45)69-68(70-67)46-23-12-4-13-24-46/h1-42H. The second-order valence-electron chi connectivity index (χ2n) is 18.9. The van der Waals surface area contributed by atoms with E-state index in [1.54, 1.807) is 0 Å². The van der Waals surface area contributed by atoms with Gasteiger partial charge in [0.15, 0.2) is 5.82 Å². The number of nitrogens with zero attached hydrogens (tertiary/aromatic N) is 4. The zero-order valence-electron chi connectivity index (χ0n) is 39.0. The summed E-state index contributed by atoms with van der Waals surface area (Å²) in [7, 11) is 0. The summed E-state index contributed by atoms with van der Waals surface area (Å²) in [6.45, 7) is 0. The van der Waals surface area contributed by atoms with Gasteiger partial charge in [0.1, 0.15) is 0 Å². The van der Waals surface area contributed by atoms with E-state index in [4.69, 9.17) is 9.97 Å². The molecule has 0 radical (unpaired) electrons. The lowest BCUT2D eigenvalue weighted by molar-refractivity contribution is 1.18. The van der Waals surface area contributed by atoms with E-state index in [0.29, 0.717) is 0 Å². The number of para-hydroxylation sites is 1. The van der Waals surface area contributed by atoms with E-state index in [1.165, 1.54) is 76.7 Å². The molecule has 4 heteroatoms. The molecule has 0 amide bonds. The molecule has 3 aromatic heterocycles. The van der Waals surface area contributed by atoms with Crippen molar-refractivity contribution >= 4 is 54.4 Å². The van der Waals surface area contributed by atoms with Crippen LogP contribution < -0.4 is 0 Å². The normalized spacial score (nSPS) is 11.9. The van der Waals surface area contributed by atoms with Crippen LogP contribution in [0.3, 0.4) is 0 Å². The Morgan fingerprint density at radius 1 is 0.264 bits per heavy atom. The van der Waals surface area contributed by atoms with Gasteiger partial charge in [-0.3, -0.25) is 0 Å².